The lowest BCUT2D eigenvalue weighted by atomic mass is 10.2. The second-order valence-electron chi connectivity index (χ2n) is 4.09. The summed E-state index contributed by atoms with van der Waals surface area (Å²) in [6.07, 6.45) is -0.331. The van der Waals surface area contributed by atoms with Gasteiger partial charge in [-0.1, -0.05) is 0 Å². The Morgan fingerprint density at radius 3 is 2.79 bits per heavy atom. The van der Waals surface area contributed by atoms with Gasteiger partial charge in [0.15, 0.2) is 0 Å². The third-order valence-electron chi connectivity index (χ3n) is 1.68. The quantitative estimate of drug-likeness (QED) is 0.676. The molecular weight excluding hydrogens is 200 g/mol. The molecule has 0 aromatic carbocycles. The SMILES string of the molecule is CC(C)(C)OC(=O)N1CCN=C1CS. The molecule has 0 fully saturated rings. The fraction of sp³-hybridized carbons (Fsp3) is 0.778. The van der Waals surface area contributed by atoms with Crippen LogP contribution in [0.3, 0.4) is 0 Å². The van der Waals surface area contributed by atoms with Crippen molar-refractivity contribution in [2.24, 2.45) is 4.99 Å². The second-order valence-corrected chi connectivity index (χ2v) is 4.40. The Morgan fingerprint density at radius 2 is 2.29 bits per heavy atom. The highest BCUT2D eigenvalue weighted by Crippen LogP contribution is 2.12. The molecule has 0 atom stereocenters. The van der Waals surface area contributed by atoms with E-state index in [4.69, 9.17) is 4.74 Å². The van der Waals surface area contributed by atoms with E-state index in [2.05, 4.69) is 17.6 Å². The van der Waals surface area contributed by atoms with Crippen molar-refractivity contribution in [3.05, 3.63) is 0 Å². The molecule has 0 N–H and O–H groups in total. The zero-order chi connectivity index (χ0) is 10.8. The third kappa shape index (κ3) is 2.90. The predicted molar refractivity (Wildman–Crippen MR) is 59.1 cm³/mol. The first-order chi connectivity index (χ1) is 6.44. The van der Waals surface area contributed by atoms with Crippen LogP contribution in [0, 0.1) is 0 Å². The Hall–Kier alpha value is -0.710. The van der Waals surface area contributed by atoms with Crippen LogP contribution in [0.2, 0.25) is 0 Å². The molecule has 0 saturated carbocycles. The van der Waals surface area contributed by atoms with Crippen LogP contribution in [0.15, 0.2) is 4.99 Å². The molecule has 4 nitrogen and oxygen atoms in total. The van der Waals surface area contributed by atoms with Gasteiger partial charge >= 0.3 is 6.09 Å². The molecule has 0 saturated heterocycles. The van der Waals surface area contributed by atoms with E-state index in [1.807, 2.05) is 20.8 Å². The van der Waals surface area contributed by atoms with Gasteiger partial charge in [-0.25, -0.2) is 4.79 Å². The van der Waals surface area contributed by atoms with E-state index in [-0.39, 0.29) is 6.09 Å². The van der Waals surface area contributed by atoms with E-state index in [1.165, 1.54) is 4.90 Å². The molecule has 14 heavy (non-hydrogen) atoms. The smallest absolute Gasteiger partial charge is 0.415 e. The maximum Gasteiger partial charge on any atom is 0.415 e. The average Bonchev–Trinajstić information content (AvgIpc) is 2.47. The normalized spacial score (nSPS) is 16.9. The third-order valence-corrected chi connectivity index (χ3v) is 1.97. The van der Waals surface area contributed by atoms with Gasteiger partial charge in [0.05, 0.1) is 13.1 Å². The number of nitrogens with zero attached hydrogens (tertiary/aromatic N) is 2. The van der Waals surface area contributed by atoms with Gasteiger partial charge < -0.3 is 4.74 Å². The summed E-state index contributed by atoms with van der Waals surface area (Å²) >= 11 is 4.10. The first-order valence-electron chi connectivity index (χ1n) is 4.59. The standard InChI is InChI=1S/C9H16N2O2S/c1-9(2,3)13-8(12)11-5-4-10-7(11)6-14/h14H,4-6H2,1-3H3. The van der Waals surface area contributed by atoms with Crippen LogP contribution in [0.5, 0.6) is 0 Å². The van der Waals surface area contributed by atoms with Gasteiger partial charge in [-0.15, -0.1) is 0 Å². The monoisotopic (exact) mass is 216 g/mol. The number of rotatable bonds is 1. The Balaban J connectivity index is 2.58. The molecule has 80 valence electrons. The van der Waals surface area contributed by atoms with E-state index in [0.717, 1.165) is 0 Å². The van der Waals surface area contributed by atoms with E-state index in [1.54, 1.807) is 0 Å². The van der Waals surface area contributed by atoms with Crippen molar-refractivity contribution in [2.45, 2.75) is 26.4 Å². The molecule has 1 amide bonds. The Morgan fingerprint density at radius 1 is 1.64 bits per heavy atom. The minimum atomic E-state index is -0.457. The average molecular weight is 216 g/mol. The minimum Gasteiger partial charge on any atom is -0.443 e. The number of aliphatic imine (C=N–C) groups is 1. The van der Waals surface area contributed by atoms with Crippen molar-refractivity contribution in [2.75, 3.05) is 18.8 Å². The van der Waals surface area contributed by atoms with Crippen LogP contribution in [0.25, 0.3) is 0 Å². The molecule has 0 spiro atoms. The number of hydrogen-bond acceptors (Lipinski definition) is 4. The number of ether oxygens (including phenoxy) is 1. The van der Waals surface area contributed by atoms with Gasteiger partial charge in [0.2, 0.25) is 0 Å². The highest BCUT2D eigenvalue weighted by atomic mass is 32.1. The molecule has 1 rings (SSSR count). The summed E-state index contributed by atoms with van der Waals surface area (Å²) < 4.78 is 5.23. The van der Waals surface area contributed by atoms with Crippen molar-refractivity contribution < 1.29 is 9.53 Å². The molecule has 0 radical (unpaired) electrons. The lowest BCUT2D eigenvalue weighted by molar-refractivity contribution is 0.0384. The van der Waals surface area contributed by atoms with Crippen molar-refractivity contribution in [3.8, 4) is 0 Å². The van der Waals surface area contributed by atoms with Gasteiger partial charge in [-0.3, -0.25) is 9.89 Å². The van der Waals surface area contributed by atoms with Crippen molar-refractivity contribution in [1.29, 1.82) is 0 Å². The van der Waals surface area contributed by atoms with Crippen molar-refractivity contribution in [3.63, 3.8) is 0 Å². The van der Waals surface area contributed by atoms with Crippen molar-refractivity contribution >= 4 is 24.6 Å². The number of amides is 1. The second kappa shape index (κ2) is 4.21. The highest BCUT2D eigenvalue weighted by Gasteiger charge is 2.27. The van der Waals surface area contributed by atoms with Crippen LogP contribution < -0.4 is 0 Å². The van der Waals surface area contributed by atoms with Crippen molar-refractivity contribution in [1.82, 2.24) is 4.90 Å². The van der Waals surface area contributed by atoms with E-state index < -0.39 is 5.60 Å². The van der Waals surface area contributed by atoms with Gasteiger partial charge in [0, 0.05) is 5.75 Å². The zero-order valence-electron chi connectivity index (χ0n) is 8.78. The summed E-state index contributed by atoms with van der Waals surface area (Å²) in [5, 5.41) is 0. The summed E-state index contributed by atoms with van der Waals surface area (Å²) in [5.74, 6) is 1.17. The van der Waals surface area contributed by atoms with Crippen LogP contribution in [0.4, 0.5) is 4.79 Å². The lowest BCUT2D eigenvalue weighted by Gasteiger charge is -2.24. The number of carbonyl (C=O) groups excluding carboxylic acids is 1. The molecule has 0 unspecified atom stereocenters. The van der Waals surface area contributed by atoms with E-state index in [9.17, 15) is 4.79 Å². The summed E-state index contributed by atoms with van der Waals surface area (Å²) in [6.45, 7) is 6.79. The maximum absolute atomic E-state index is 11.6. The molecule has 0 aliphatic carbocycles. The summed E-state index contributed by atoms with van der Waals surface area (Å²) in [5.41, 5.74) is -0.457. The Kier molecular flexibility index (Phi) is 3.42. The fourth-order valence-electron chi connectivity index (χ4n) is 1.14. The first-order valence-corrected chi connectivity index (χ1v) is 5.22. The maximum atomic E-state index is 11.6. The van der Waals surface area contributed by atoms with Gasteiger partial charge in [0.25, 0.3) is 0 Å². The van der Waals surface area contributed by atoms with Crippen LogP contribution in [-0.4, -0.2) is 41.3 Å². The molecule has 0 bridgehead atoms. The van der Waals surface area contributed by atoms with Crippen LogP contribution >= 0.6 is 12.6 Å². The molecule has 1 aliphatic rings. The topological polar surface area (TPSA) is 41.9 Å². The molecule has 0 aromatic rings. The van der Waals surface area contributed by atoms with Gasteiger partial charge in [0.1, 0.15) is 11.4 Å². The Bertz CT molecular complexity index is 258. The summed E-state index contributed by atoms with van der Waals surface area (Å²) in [4.78, 5) is 17.3. The number of carbonyl (C=O) groups is 1. The van der Waals surface area contributed by atoms with Crippen LogP contribution in [-0.2, 0) is 4.74 Å². The molecule has 0 aromatic heterocycles. The first kappa shape index (κ1) is 11.4. The number of hydrogen-bond donors (Lipinski definition) is 1. The van der Waals surface area contributed by atoms with E-state index >= 15 is 0 Å². The zero-order valence-corrected chi connectivity index (χ0v) is 9.67. The molecular formula is C9H16N2O2S. The van der Waals surface area contributed by atoms with Gasteiger partial charge in [-0.2, -0.15) is 12.6 Å². The number of thiol groups is 1. The molecule has 5 heteroatoms. The summed E-state index contributed by atoms with van der Waals surface area (Å²) in [7, 11) is 0. The predicted octanol–water partition coefficient (Wildman–Crippen LogP) is 1.57. The summed E-state index contributed by atoms with van der Waals surface area (Å²) in [6, 6.07) is 0. The largest absolute Gasteiger partial charge is 0.443 e. The number of amidine groups is 1. The Labute approximate surface area is 89.7 Å². The van der Waals surface area contributed by atoms with Crippen LogP contribution in [0.1, 0.15) is 20.8 Å². The molecule has 1 aliphatic heterocycles. The van der Waals surface area contributed by atoms with Gasteiger partial charge in [-0.05, 0) is 20.8 Å². The molecule has 1 heterocycles. The highest BCUT2D eigenvalue weighted by molar-refractivity contribution is 7.81. The fourth-order valence-corrected chi connectivity index (χ4v) is 1.41. The lowest BCUT2D eigenvalue weighted by Crippen LogP contribution is -2.39. The van der Waals surface area contributed by atoms with E-state index in [0.29, 0.717) is 24.7 Å². The minimum absolute atomic E-state index is 0.331.